The number of cyclic esters (lactones) is 1. The number of benzene rings is 2. The lowest BCUT2D eigenvalue weighted by Crippen LogP contribution is -2.42. The van der Waals surface area contributed by atoms with Crippen LogP contribution < -0.4 is 0 Å². The molecule has 2 aliphatic rings. The second-order valence-corrected chi connectivity index (χ2v) is 8.40. The average molecular weight is 364 g/mol. The van der Waals surface area contributed by atoms with Crippen LogP contribution >= 0.6 is 0 Å². The number of esters is 1. The third-order valence-corrected chi connectivity index (χ3v) is 6.17. The minimum absolute atomic E-state index is 0.0629. The van der Waals surface area contributed by atoms with Gasteiger partial charge in [-0.15, -0.1) is 0 Å². The fourth-order valence-electron chi connectivity index (χ4n) is 4.68. The summed E-state index contributed by atoms with van der Waals surface area (Å²) in [5.41, 5.74) is 2.30. The highest BCUT2D eigenvalue weighted by Gasteiger charge is 2.51. The molecular formula is C24H28O3. The standard InChI is InChI=1S/C24H28O3/c1-16(2)19-14-13-17(3)15-22(19)26-24(18-9-5-4-6-10-18)21-12-8-7-11-20(21)23(25)27-24/h4-12,16-17,19,22H,13-15H2,1-3H3/t17-,19-,22+,24-/m1/s1. The van der Waals surface area contributed by atoms with E-state index in [4.69, 9.17) is 9.47 Å². The second kappa shape index (κ2) is 7.12. The van der Waals surface area contributed by atoms with Gasteiger partial charge in [0.2, 0.25) is 0 Å². The average Bonchev–Trinajstić information content (AvgIpc) is 2.96. The zero-order valence-corrected chi connectivity index (χ0v) is 16.4. The number of fused-ring (bicyclic) bond motifs is 1. The van der Waals surface area contributed by atoms with Crippen LogP contribution in [-0.2, 0) is 15.3 Å². The lowest BCUT2D eigenvalue weighted by molar-refractivity contribution is -0.226. The van der Waals surface area contributed by atoms with Gasteiger partial charge >= 0.3 is 5.97 Å². The summed E-state index contributed by atoms with van der Waals surface area (Å²) >= 11 is 0. The van der Waals surface area contributed by atoms with Gasteiger partial charge in [-0.1, -0.05) is 75.7 Å². The van der Waals surface area contributed by atoms with E-state index in [-0.39, 0.29) is 12.1 Å². The van der Waals surface area contributed by atoms with E-state index in [1.807, 2.05) is 54.6 Å². The van der Waals surface area contributed by atoms with Crippen molar-refractivity contribution in [2.45, 2.75) is 51.9 Å². The first kappa shape index (κ1) is 18.2. The van der Waals surface area contributed by atoms with E-state index in [9.17, 15) is 4.79 Å². The molecule has 1 aliphatic heterocycles. The summed E-state index contributed by atoms with van der Waals surface area (Å²) in [5.74, 6) is 0.157. The Labute approximate surface area is 161 Å². The van der Waals surface area contributed by atoms with Gasteiger partial charge in [0.15, 0.2) is 0 Å². The molecule has 27 heavy (non-hydrogen) atoms. The Morgan fingerprint density at radius 2 is 1.74 bits per heavy atom. The molecule has 1 aliphatic carbocycles. The fraction of sp³-hybridized carbons (Fsp3) is 0.458. The maximum Gasteiger partial charge on any atom is 0.341 e. The number of ether oxygens (including phenoxy) is 2. The van der Waals surface area contributed by atoms with E-state index >= 15 is 0 Å². The van der Waals surface area contributed by atoms with Gasteiger partial charge in [0.1, 0.15) is 0 Å². The van der Waals surface area contributed by atoms with E-state index in [1.165, 1.54) is 6.42 Å². The molecule has 0 unspecified atom stereocenters. The first-order chi connectivity index (χ1) is 13.0. The first-order valence-corrected chi connectivity index (χ1v) is 10.1. The van der Waals surface area contributed by atoms with Gasteiger partial charge in [-0.25, -0.2) is 4.79 Å². The van der Waals surface area contributed by atoms with Crippen LogP contribution in [0, 0.1) is 17.8 Å². The van der Waals surface area contributed by atoms with Crippen molar-refractivity contribution in [1.82, 2.24) is 0 Å². The number of carbonyl (C=O) groups is 1. The van der Waals surface area contributed by atoms with Crippen LogP contribution in [0.25, 0.3) is 0 Å². The van der Waals surface area contributed by atoms with Gasteiger partial charge in [-0.2, -0.15) is 0 Å². The van der Waals surface area contributed by atoms with Crippen molar-refractivity contribution in [3.63, 3.8) is 0 Å². The molecule has 0 bridgehead atoms. The van der Waals surface area contributed by atoms with Crippen LogP contribution in [0.5, 0.6) is 0 Å². The van der Waals surface area contributed by atoms with Crippen molar-refractivity contribution in [2.75, 3.05) is 0 Å². The van der Waals surface area contributed by atoms with Crippen molar-refractivity contribution < 1.29 is 14.3 Å². The van der Waals surface area contributed by atoms with Gasteiger partial charge in [-0.3, -0.25) is 0 Å². The summed E-state index contributed by atoms with van der Waals surface area (Å²) in [4.78, 5) is 12.7. The third kappa shape index (κ3) is 3.19. The molecule has 0 radical (unpaired) electrons. The van der Waals surface area contributed by atoms with Crippen molar-refractivity contribution in [3.05, 3.63) is 71.3 Å². The lowest BCUT2D eigenvalue weighted by Gasteiger charge is -2.42. The van der Waals surface area contributed by atoms with E-state index < -0.39 is 5.79 Å². The third-order valence-electron chi connectivity index (χ3n) is 6.17. The van der Waals surface area contributed by atoms with Crippen LogP contribution in [0.3, 0.4) is 0 Å². The summed E-state index contributed by atoms with van der Waals surface area (Å²) in [6.07, 6.45) is 3.45. The molecule has 1 heterocycles. The normalized spacial score (nSPS) is 30.2. The van der Waals surface area contributed by atoms with Crippen molar-refractivity contribution in [1.29, 1.82) is 0 Å². The molecule has 0 saturated heterocycles. The van der Waals surface area contributed by atoms with Gasteiger partial charge in [0, 0.05) is 11.1 Å². The Morgan fingerprint density at radius 3 is 2.48 bits per heavy atom. The zero-order valence-electron chi connectivity index (χ0n) is 16.4. The minimum atomic E-state index is -1.15. The highest BCUT2D eigenvalue weighted by atomic mass is 16.7. The monoisotopic (exact) mass is 364 g/mol. The summed E-state index contributed by atoms with van der Waals surface area (Å²) in [6, 6.07) is 17.5. The highest BCUT2D eigenvalue weighted by molar-refractivity contribution is 5.95. The first-order valence-electron chi connectivity index (χ1n) is 10.1. The molecule has 3 heteroatoms. The predicted octanol–water partition coefficient (Wildman–Crippen LogP) is 5.54. The molecule has 4 rings (SSSR count). The SMILES string of the molecule is CC(C)[C@H]1CC[C@@H](C)C[C@@H]1O[C@]1(c2ccccc2)OC(=O)c2ccccc21. The Bertz CT molecular complexity index is 813. The number of carbonyl (C=O) groups excluding carboxylic acids is 1. The molecule has 1 saturated carbocycles. The molecule has 0 amide bonds. The van der Waals surface area contributed by atoms with E-state index in [0.29, 0.717) is 23.3 Å². The van der Waals surface area contributed by atoms with Crippen LogP contribution in [-0.4, -0.2) is 12.1 Å². The van der Waals surface area contributed by atoms with E-state index in [2.05, 4.69) is 20.8 Å². The molecule has 1 fully saturated rings. The molecule has 2 aromatic rings. The van der Waals surface area contributed by atoms with Crippen LogP contribution in [0.15, 0.2) is 54.6 Å². The maximum absolute atomic E-state index is 12.7. The van der Waals surface area contributed by atoms with E-state index in [1.54, 1.807) is 0 Å². The van der Waals surface area contributed by atoms with Crippen LogP contribution in [0.2, 0.25) is 0 Å². The van der Waals surface area contributed by atoms with Gasteiger partial charge in [0.05, 0.1) is 11.7 Å². The maximum atomic E-state index is 12.7. The van der Waals surface area contributed by atoms with Crippen LogP contribution in [0.1, 0.15) is 61.5 Å². The topological polar surface area (TPSA) is 35.5 Å². The Kier molecular flexibility index (Phi) is 4.81. The molecule has 3 nitrogen and oxygen atoms in total. The Hall–Kier alpha value is -2.13. The minimum Gasteiger partial charge on any atom is -0.420 e. The summed E-state index contributed by atoms with van der Waals surface area (Å²) in [7, 11) is 0. The molecular weight excluding hydrogens is 336 g/mol. The molecule has 0 spiro atoms. The quantitative estimate of drug-likeness (QED) is 0.669. The van der Waals surface area contributed by atoms with Gasteiger partial charge < -0.3 is 9.47 Å². The van der Waals surface area contributed by atoms with Gasteiger partial charge in [0.25, 0.3) is 5.79 Å². The Balaban J connectivity index is 1.80. The van der Waals surface area contributed by atoms with Gasteiger partial charge in [-0.05, 0) is 36.7 Å². The summed E-state index contributed by atoms with van der Waals surface area (Å²) in [6.45, 7) is 6.82. The fourth-order valence-corrected chi connectivity index (χ4v) is 4.68. The highest BCUT2D eigenvalue weighted by Crippen LogP contribution is 2.47. The molecule has 0 aromatic heterocycles. The predicted molar refractivity (Wildman–Crippen MR) is 105 cm³/mol. The zero-order chi connectivity index (χ0) is 19.0. The number of hydrogen-bond donors (Lipinski definition) is 0. The van der Waals surface area contributed by atoms with Crippen molar-refractivity contribution in [2.24, 2.45) is 17.8 Å². The molecule has 2 aromatic carbocycles. The number of rotatable bonds is 4. The summed E-state index contributed by atoms with van der Waals surface area (Å²) < 4.78 is 12.8. The largest absolute Gasteiger partial charge is 0.420 e. The van der Waals surface area contributed by atoms with E-state index in [0.717, 1.165) is 24.0 Å². The molecule has 0 N–H and O–H groups in total. The summed E-state index contributed by atoms with van der Waals surface area (Å²) in [5, 5.41) is 0. The molecule has 4 atom stereocenters. The number of hydrogen-bond acceptors (Lipinski definition) is 3. The van der Waals surface area contributed by atoms with Crippen molar-refractivity contribution in [3.8, 4) is 0 Å². The molecule has 142 valence electrons. The van der Waals surface area contributed by atoms with Crippen LogP contribution in [0.4, 0.5) is 0 Å². The van der Waals surface area contributed by atoms with Crippen molar-refractivity contribution >= 4 is 5.97 Å². The second-order valence-electron chi connectivity index (χ2n) is 8.40. The Morgan fingerprint density at radius 1 is 1.04 bits per heavy atom. The smallest absolute Gasteiger partial charge is 0.341 e. The lowest BCUT2D eigenvalue weighted by atomic mass is 9.75.